The van der Waals surface area contributed by atoms with Gasteiger partial charge in [0.15, 0.2) is 0 Å². The van der Waals surface area contributed by atoms with E-state index in [-0.39, 0.29) is 18.4 Å². The molecule has 0 saturated carbocycles. The summed E-state index contributed by atoms with van der Waals surface area (Å²) in [4.78, 5) is 11.3. The van der Waals surface area contributed by atoms with Crippen LogP contribution in [0, 0.1) is 0 Å². The van der Waals surface area contributed by atoms with E-state index in [1.165, 1.54) is 0 Å². The maximum absolute atomic E-state index is 11.3. The third kappa shape index (κ3) is 4.44. The number of halogens is 2. The smallest absolute Gasteiger partial charge is 0.307 e. The van der Waals surface area contributed by atoms with Crippen LogP contribution in [0.15, 0.2) is 18.2 Å². The zero-order valence-electron chi connectivity index (χ0n) is 9.80. The highest BCUT2D eigenvalue weighted by molar-refractivity contribution is 6.43. The molecular formula is C12H15Cl2NO2. The minimum absolute atomic E-state index is 0.0648. The van der Waals surface area contributed by atoms with Crippen LogP contribution in [0.3, 0.4) is 0 Å². The molecule has 0 radical (unpaired) electrons. The number of anilines is 1. The second kappa shape index (κ2) is 6.72. The van der Waals surface area contributed by atoms with Gasteiger partial charge < -0.3 is 10.1 Å². The maximum atomic E-state index is 11.3. The van der Waals surface area contributed by atoms with Crippen molar-refractivity contribution in [1.82, 2.24) is 0 Å². The summed E-state index contributed by atoms with van der Waals surface area (Å²) in [6.45, 7) is 4.06. The topological polar surface area (TPSA) is 38.3 Å². The van der Waals surface area contributed by atoms with E-state index in [0.717, 1.165) is 5.69 Å². The number of ether oxygens (including phenoxy) is 1. The minimum Gasteiger partial charge on any atom is -0.466 e. The Bertz CT molecular complexity index is 396. The lowest BCUT2D eigenvalue weighted by molar-refractivity contribution is -0.143. The Morgan fingerprint density at radius 1 is 1.47 bits per heavy atom. The van der Waals surface area contributed by atoms with E-state index in [4.69, 9.17) is 27.9 Å². The van der Waals surface area contributed by atoms with Crippen LogP contribution in [0.4, 0.5) is 5.69 Å². The minimum atomic E-state index is -0.231. The summed E-state index contributed by atoms with van der Waals surface area (Å²) in [7, 11) is 0. The summed E-state index contributed by atoms with van der Waals surface area (Å²) in [5, 5.41) is 4.07. The van der Waals surface area contributed by atoms with Crippen molar-refractivity contribution >= 4 is 34.9 Å². The largest absolute Gasteiger partial charge is 0.466 e. The standard InChI is InChI=1S/C12H15Cl2NO2/c1-3-17-11(16)7-8(2)15-10-6-4-5-9(13)12(10)14/h4-6,8,15H,3,7H2,1-2H3. The lowest BCUT2D eigenvalue weighted by Gasteiger charge is -2.15. The van der Waals surface area contributed by atoms with E-state index < -0.39 is 0 Å². The van der Waals surface area contributed by atoms with Crippen LogP contribution < -0.4 is 5.32 Å². The number of benzene rings is 1. The first kappa shape index (κ1) is 14.1. The molecule has 1 aromatic rings. The fraction of sp³-hybridized carbons (Fsp3) is 0.417. The molecule has 0 saturated heterocycles. The van der Waals surface area contributed by atoms with Crippen LogP contribution in [-0.2, 0) is 9.53 Å². The van der Waals surface area contributed by atoms with E-state index in [2.05, 4.69) is 5.32 Å². The molecule has 0 bridgehead atoms. The Labute approximate surface area is 111 Å². The van der Waals surface area contributed by atoms with Crippen molar-refractivity contribution in [2.75, 3.05) is 11.9 Å². The van der Waals surface area contributed by atoms with Crippen LogP contribution in [0.5, 0.6) is 0 Å². The normalized spacial score (nSPS) is 12.0. The molecule has 1 rings (SSSR count). The molecule has 0 aliphatic carbocycles. The van der Waals surface area contributed by atoms with Gasteiger partial charge in [-0.3, -0.25) is 4.79 Å². The van der Waals surface area contributed by atoms with Gasteiger partial charge in [-0.15, -0.1) is 0 Å². The maximum Gasteiger partial charge on any atom is 0.307 e. The first-order valence-corrected chi connectivity index (χ1v) is 6.16. The van der Waals surface area contributed by atoms with E-state index in [1.807, 2.05) is 13.0 Å². The molecule has 0 spiro atoms. The second-order valence-corrected chi connectivity index (χ2v) is 4.44. The van der Waals surface area contributed by atoms with Gasteiger partial charge in [0.1, 0.15) is 0 Å². The molecular weight excluding hydrogens is 261 g/mol. The fourth-order valence-electron chi connectivity index (χ4n) is 1.40. The van der Waals surface area contributed by atoms with Crippen LogP contribution in [0.2, 0.25) is 10.0 Å². The summed E-state index contributed by atoms with van der Waals surface area (Å²) in [6.07, 6.45) is 0.288. The first-order valence-electron chi connectivity index (χ1n) is 5.40. The molecule has 94 valence electrons. The van der Waals surface area contributed by atoms with Gasteiger partial charge in [0, 0.05) is 6.04 Å². The van der Waals surface area contributed by atoms with Gasteiger partial charge in [0.05, 0.1) is 28.8 Å². The number of hydrogen-bond acceptors (Lipinski definition) is 3. The van der Waals surface area contributed by atoms with E-state index in [0.29, 0.717) is 16.7 Å². The molecule has 0 fully saturated rings. The van der Waals surface area contributed by atoms with Gasteiger partial charge in [-0.1, -0.05) is 29.3 Å². The van der Waals surface area contributed by atoms with Gasteiger partial charge in [0.25, 0.3) is 0 Å². The zero-order chi connectivity index (χ0) is 12.8. The molecule has 3 nitrogen and oxygen atoms in total. The molecule has 5 heteroatoms. The molecule has 1 atom stereocenters. The molecule has 1 unspecified atom stereocenters. The molecule has 0 aromatic heterocycles. The average molecular weight is 276 g/mol. The Balaban J connectivity index is 2.59. The Morgan fingerprint density at radius 3 is 2.82 bits per heavy atom. The van der Waals surface area contributed by atoms with Gasteiger partial charge >= 0.3 is 5.97 Å². The number of hydrogen-bond donors (Lipinski definition) is 1. The number of carbonyl (C=O) groups is 1. The van der Waals surface area contributed by atoms with E-state index in [1.54, 1.807) is 19.1 Å². The lowest BCUT2D eigenvalue weighted by atomic mass is 10.2. The van der Waals surface area contributed by atoms with Crippen molar-refractivity contribution in [3.05, 3.63) is 28.2 Å². The lowest BCUT2D eigenvalue weighted by Crippen LogP contribution is -2.21. The Hall–Kier alpha value is -0.930. The van der Waals surface area contributed by atoms with Gasteiger partial charge in [-0.05, 0) is 26.0 Å². The zero-order valence-corrected chi connectivity index (χ0v) is 11.3. The summed E-state index contributed by atoms with van der Waals surface area (Å²) in [6, 6.07) is 5.26. The first-order chi connectivity index (χ1) is 8.04. The van der Waals surface area contributed by atoms with Crippen molar-refractivity contribution in [2.45, 2.75) is 26.3 Å². The van der Waals surface area contributed by atoms with Crippen LogP contribution in [0.1, 0.15) is 20.3 Å². The monoisotopic (exact) mass is 275 g/mol. The summed E-state index contributed by atoms with van der Waals surface area (Å²) in [5.41, 5.74) is 0.718. The molecule has 17 heavy (non-hydrogen) atoms. The average Bonchev–Trinajstić information content (AvgIpc) is 2.25. The van der Waals surface area contributed by atoms with Crippen molar-refractivity contribution < 1.29 is 9.53 Å². The summed E-state index contributed by atoms with van der Waals surface area (Å²) < 4.78 is 4.87. The van der Waals surface area contributed by atoms with E-state index in [9.17, 15) is 4.79 Å². The van der Waals surface area contributed by atoms with Gasteiger partial charge in [0.2, 0.25) is 0 Å². The van der Waals surface area contributed by atoms with Crippen LogP contribution >= 0.6 is 23.2 Å². The van der Waals surface area contributed by atoms with Crippen LogP contribution in [0.25, 0.3) is 0 Å². The van der Waals surface area contributed by atoms with Crippen molar-refractivity contribution in [3.63, 3.8) is 0 Å². The molecule has 1 N–H and O–H groups in total. The molecule has 0 amide bonds. The molecule has 0 heterocycles. The second-order valence-electron chi connectivity index (χ2n) is 3.66. The van der Waals surface area contributed by atoms with Gasteiger partial charge in [-0.2, -0.15) is 0 Å². The Kier molecular flexibility index (Phi) is 5.59. The molecule has 1 aromatic carbocycles. The highest BCUT2D eigenvalue weighted by Gasteiger charge is 2.12. The number of rotatable bonds is 5. The van der Waals surface area contributed by atoms with Gasteiger partial charge in [-0.25, -0.2) is 0 Å². The number of esters is 1. The number of carbonyl (C=O) groups excluding carboxylic acids is 1. The third-order valence-corrected chi connectivity index (χ3v) is 2.95. The number of nitrogens with one attached hydrogen (secondary N) is 1. The highest BCUT2D eigenvalue weighted by Crippen LogP contribution is 2.30. The highest BCUT2D eigenvalue weighted by atomic mass is 35.5. The summed E-state index contributed by atoms with van der Waals surface area (Å²) in [5.74, 6) is -0.231. The third-order valence-electron chi connectivity index (χ3n) is 2.13. The Morgan fingerprint density at radius 2 is 2.18 bits per heavy atom. The molecule has 0 aliphatic heterocycles. The fourth-order valence-corrected chi connectivity index (χ4v) is 1.76. The summed E-state index contributed by atoms with van der Waals surface area (Å²) >= 11 is 11.9. The molecule has 0 aliphatic rings. The predicted octanol–water partition coefficient (Wildman–Crippen LogP) is 3.75. The SMILES string of the molecule is CCOC(=O)CC(C)Nc1cccc(Cl)c1Cl. The van der Waals surface area contributed by atoms with Crippen LogP contribution in [-0.4, -0.2) is 18.6 Å². The predicted molar refractivity (Wildman–Crippen MR) is 70.8 cm³/mol. The van der Waals surface area contributed by atoms with E-state index >= 15 is 0 Å². The van der Waals surface area contributed by atoms with Crippen molar-refractivity contribution in [3.8, 4) is 0 Å². The quantitative estimate of drug-likeness (QED) is 0.832. The van der Waals surface area contributed by atoms with Crippen molar-refractivity contribution in [2.24, 2.45) is 0 Å². The van der Waals surface area contributed by atoms with Crippen molar-refractivity contribution in [1.29, 1.82) is 0 Å².